The van der Waals surface area contributed by atoms with Gasteiger partial charge in [-0.25, -0.2) is 0 Å². The molecule has 0 saturated heterocycles. The van der Waals surface area contributed by atoms with Crippen LogP contribution in [0.2, 0.25) is 0 Å². The predicted molar refractivity (Wildman–Crippen MR) is 83.7 cm³/mol. The summed E-state index contributed by atoms with van der Waals surface area (Å²) in [4.78, 5) is 0. The Morgan fingerprint density at radius 3 is 2.10 bits per heavy atom. The van der Waals surface area contributed by atoms with Crippen molar-refractivity contribution in [2.24, 2.45) is 23.7 Å². The lowest BCUT2D eigenvalue weighted by Gasteiger charge is -2.62. The van der Waals surface area contributed by atoms with Gasteiger partial charge in [0.1, 0.15) is 0 Å². The van der Waals surface area contributed by atoms with Crippen LogP contribution in [0.4, 0.5) is 0 Å². The van der Waals surface area contributed by atoms with Crippen molar-refractivity contribution in [2.45, 2.75) is 51.5 Å². The molecule has 0 aromatic heterocycles. The topological polar surface area (TPSA) is 12.0 Å². The first kappa shape index (κ1) is 12.9. The smallest absolute Gasteiger partial charge is 0.0492 e. The maximum atomic E-state index is 3.84. The van der Waals surface area contributed by atoms with Crippen LogP contribution in [0, 0.1) is 37.5 Å². The Morgan fingerprint density at radius 1 is 0.950 bits per heavy atom. The van der Waals surface area contributed by atoms with Gasteiger partial charge in [-0.2, -0.15) is 0 Å². The van der Waals surface area contributed by atoms with Gasteiger partial charge in [0, 0.05) is 5.54 Å². The van der Waals surface area contributed by atoms with Gasteiger partial charge in [-0.05, 0) is 87.8 Å². The van der Waals surface area contributed by atoms with Crippen LogP contribution in [0.25, 0.3) is 0 Å². The third kappa shape index (κ3) is 1.59. The molecule has 0 radical (unpaired) electrons. The quantitative estimate of drug-likeness (QED) is 0.849. The normalized spacial score (nSPS) is 42.1. The molecule has 0 atom stereocenters. The second-order valence-electron chi connectivity index (χ2n) is 7.74. The summed E-state index contributed by atoms with van der Waals surface area (Å²) in [5.41, 5.74) is 4.77. The second kappa shape index (κ2) is 4.34. The Balaban J connectivity index is 1.85. The molecule has 1 nitrogen and oxygen atoms in total. The van der Waals surface area contributed by atoms with Crippen LogP contribution in [0.15, 0.2) is 18.2 Å². The first-order chi connectivity index (χ1) is 9.63. The first-order valence-corrected chi connectivity index (χ1v) is 8.40. The van der Waals surface area contributed by atoms with Gasteiger partial charge in [0.2, 0.25) is 0 Å². The molecule has 4 aliphatic rings. The number of hydrogen-bond acceptors (Lipinski definition) is 1. The summed E-state index contributed by atoms with van der Waals surface area (Å²) < 4.78 is 0. The van der Waals surface area contributed by atoms with Gasteiger partial charge in [0.15, 0.2) is 0 Å². The van der Waals surface area contributed by atoms with E-state index in [1.807, 2.05) is 0 Å². The second-order valence-corrected chi connectivity index (χ2v) is 7.74. The molecule has 0 amide bonds. The Kier molecular flexibility index (Phi) is 2.79. The average Bonchev–Trinajstić information content (AvgIpc) is 2.42. The third-order valence-corrected chi connectivity index (χ3v) is 6.68. The molecule has 0 heterocycles. The van der Waals surface area contributed by atoms with Gasteiger partial charge in [0.05, 0.1) is 0 Å². The lowest BCUT2D eigenvalue weighted by atomic mass is 9.47. The number of benzene rings is 1. The Hall–Kier alpha value is -0.820. The van der Waals surface area contributed by atoms with Gasteiger partial charge in [-0.15, -0.1) is 0 Å². The molecule has 108 valence electrons. The molecule has 4 aliphatic carbocycles. The van der Waals surface area contributed by atoms with E-state index in [4.69, 9.17) is 0 Å². The van der Waals surface area contributed by atoms with Gasteiger partial charge >= 0.3 is 0 Å². The van der Waals surface area contributed by atoms with E-state index in [1.54, 1.807) is 5.56 Å². The molecule has 1 aromatic rings. The van der Waals surface area contributed by atoms with Crippen molar-refractivity contribution in [1.82, 2.24) is 5.32 Å². The van der Waals surface area contributed by atoms with Crippen LogP contribution in [0.3, 0.4) is 0 Å². The van der Waals surface area contributed by atoms with Crippen molar-refractivity contribution < 1.29 is 0 Å². The van der Waals surface area contributed by atoms with Crippen molar-refractivity contribution in [3.8, 4) is 0 Å². The van der Waals surface area contributed by atoms with Crippen molar-refractivity contribution in [3.05, 3.63) is 34.9 Å². The summed E-state index contributed by atoms with van der Waals surface area (Å²) in [6, 6.07) is 7.06. The lowest BCUT2D eigenvalue weighted by Crippen LogP contribution is -2.61. The predicted octanol–water partition coefficient (Wildman–Crippen LogP) is 4.17. The minimum Gasteiger partial charge on any atom is -0.310 e. The molecule has 0 spiro atoms. The van der Waals surface area contributed by atoms with Crippen LogP contribution in [-0.4, -0.2) is 7.05 Å². The van der Waals surface area contributed by atoms with E-state index >= 15 is 0 Å². The average molecular weight is 269 g/mol. The molecule has 20 heavy (non-hydrogen) atoms. The van der Waals surface area contributed by atoms with E-state index < -0.39 is 0 Å². The number of nitrogens with one attached hydrogen (secondary N) is 1. The summed E-state index contributed by atoms with van der Waals surface area (Å²) in [5.74, 6) is 3.79. The maximum Gasteiger partial charge on any atom is 0.0492 e. The van der Waals surface area contributed by atoms with Crippen molar-refractivity contribution >= 4 is 0 Å². The summed E-state index contributed by atoms with van der Waals surface area (Å²) in [5, 5.41) is 3.84. The summed E-state index contributed by atoms with van der Waals surface area (Å²) >= 11 is 0. The largest absolute Gasteiger partial charge is 0.310 e. The van der Waals surface area contributed by atoms with Crippen LogP contribution in [-0.2, 0) is 5.54 Å². The summed E-state index contributed by atoms with van der Waals surface area (Å²) in [6.07, 6.45) is 7.37. The molecular formula is C19H27N. The van der Waals surface area contributed by atoms with Crippen molar-refractivity contribution in [2.75, 3.05) is 7.05 Å². The van der Waals surface area contributed by atoms with Crippen molar-refractivity contribution in [1.29, 1.82) is 0 Å². The fourth-order valence-electron chi connectivity index (χ4n) is 6.09. The minimum absolute atomic E-state index is 0.267. The lowest BCUT2D eigenvalue weighted by molar-refractivity contribution is -0.0747. The number of rotatable bonds is 2. The zero-order chi connectivity index (χ0) is 13.9. The van der Waals surface area contributed by atoms with Gasteiger partial charge in [-0.3, -0.25) is 0 Å². The highest BCUT2D eigenvalue weighted by molar-refractivity contribution is 5.39. The molecule has 5 rings (SSSR count). The van der Waals surface area contributed by atoms with E-state index in [2.05, 4.69) is 44.4 Å². The van der Waals surface area contributed by atoms with Crippen LogP contribution < -0.4 is 5.32 Å². The van der Waals surface area contributed by atoms with Gasteiger partial charge in [-0.1, -0.05) is 23.8 Å². The van der Waals surface area contributed by atoms with Crippen molar-refractivity contribution in [3.63, 3.8) is 0 Å². The van der Waals surface area contributed by atoms with E-state index in [0.717, 1.165) is 23.7 Å². The number of hydrogen-bond donors (Lipinski definition) is 1. The van der Waals surface area contributed by atoms with E-state index in [9.17, 15) is 0 Å². The fraction of sp³-hybridized carbons (Fsp3) is 0.684. The monoisotopic (exact) mass is 269 g/mol. The molecule has 4 bridgehead atoms. The Bertz CT molecular complexity index is 503. The molecule has 1 heteroatoms. The Morgan fingerprint density at radius 2 is 1.55 bits per heavy atom. The van der Waals surface area contributed by atoms with E-state index in [-0.39, 0.29) is 5.54 Å². The molecule has 4 saturated carbocycles. The SMILES string of the molecule is CNC1(c2cc(C)ccc2C)C2CC3CC(C2)CC1C3. The molecule has 1 aromatic carbocycles. The maximum absolute atomic E-state index is 3.84. The van der Waals surface area contributed by atoms with Crippen LogP contribution in [0.5, 0.6) is 0 Å². The molecule has 1 N–H and O–H groups in total. The van der Waals surface area contributed by atoms with Crippen LogP contribution >= 0.6 is 0 Å². The molecular weight excluding hydrogens is 242 g/mol. The highest BCUT2D eigenvalue weighted by atomic mass is 15.0. The first-order valence-electron chi connectivity index (χ1n) is 8.40. The zero-order valence-corrected chi connectivity index (χ0v) is 13.1. The van der Waals surface area contributed by atoms with E-state index in [1.165, 1.54) is 43.2 Å². The third-order valence-electron chi connectivity index (χ3n) is 6.68. The van der Waals surface area contributed by atoms with Gasteiger partial charge in [0.25, 0.3) is 0 Å². The number of aryl methyl sites for hydroxylation is 2. The highest BCUT2D eigenvalue weighted by Crippen LogP contribution is 2.62. The highest BCUT2D eigenvalue weighted by Gasteiger charge is 2.57. The molecule has 0 aliphatic heterocycles. The minimum atomic E-state index is 0.267. The van der Waals surface area contributed by atoms with E-state index in [0.29, 0.717) is 0 Å². The standard InChI is InChI=1S/C19H27N/c1-12-4-5-13(2)18(6-12)19(20-3)16-8-14-7-15(10-16)11-17(19)9-14/h4-6,14-17,20H,7-11H2,1-3H3. The fourth-order valence-corrected chi connectivity index (χ4v) is 6.09. The molecule has 4 fully saturated rings. The summed E-state index contributed by atoms with van der Waals surface area (Å²) in [6.45, 7) is 4.54. The summed E-state index contributed by atoms with van der Waals surface area (Å²) in [7, 11) is 2.21. The zero-order valence-electron chi connectivity index (χ0n) is 13.1. The van der Waals surface area contributed by atoms with Gasteiger partial charge < -0.3 is 5.32 Å². The molecule has 0 unspecified atom stereocenters. The Labute approximate surface area is 123 Å². The van der Waals surface area contributed by atoms with Crippen LogP contribution in [0.1, 0.15) is 48.8 Å².